The summed E-state index contributed by atoms with van der Waals surface area (Å²) < 4.78 is 7.45. The van der Waals surface area contributed by atoms with Gasteiger partial charge in [-0.3, -0.25) is 4.68 Å². The molecule has 0 saturated heterocycles. The summed E-state index contributed by atoms with van der Waals surface area (Å²) in [5, 5.41) is 12.3. The van der Waals surface area contributed by atoms with E-state index in [9.17, 15) is 0 Å². The van der Waals surface area contributed by atoms with Crippen LogP contribution in [0, 0.1) is 0 Å². The standard InChI is InChI=1S/C12H17N5O/c1-17-7-8(6-14-17)11-15-16-12(18-11)9-4-2-3-5-10(9)13/h6-7,9-10H,2-5,13H2,1H3/t9-,10-/m1/s1. The number of nitrogens with zero attached hydrogens (tertiary/aromatic N) is 4. The van der Waals surface area contributed by atoms with Gasteiger partial charge in [-0.15, -0.1) is 10.2 Å². The van der Waals surface area contributed by atoms with Crippen LogP contribution in [0.25, 0.3) is 11.5 Å². The first kappa shape index (κ1) is 11.4. The van der Waals surface area contributed by atoms with E-state index < -0.39 is 0 Å². The average Bonchev–Trinajstić information content (AvgIpc) is 2.98. The summed E-state index contributed by atoms with van der Waals surface area (Å²) in [6.07, 6.45) is 8.03. The second-order valence-corrected chi connectivity index (χ2v) is 4.90. The van der Waals surface area contributed by atoms with Gasteiger partial charge in [-0.25, -0.2) is 0 Å². The van der Waals surface area contributed by atoms with E-state index in [0.717, 1.165) is 18.4 Å². The average molecular weight is 247 g/mol. The summed E-state index contributed by atoms with van der Waals surface area (Å²) in [5.74, 6) is 1.40. The zero-order valence-electron chi connectivity index (χ0n) is 10.4. The molecule has 0 aliphatic heterocycles. The number of nitrogens with two attached hydrogens (primary N) is 1. The Labute approximate surface area is 105 Å². The highest BCUT2D eigenvalue weighted by atomic mass is 16.4. The fraction of sp³-hybridized carbons (Fsp3) is 0.583. The lowest BCUT2D eigenvalue weighted by molar-refractivity contribution is 0.328. The lowest BCUT2D eigenvalue weighted by atomic mass is 9.85. The van der Waals surface area contributed by atoms with E-state index in [1.165, 1.54) is 12.8 Å². The Balaban J connectivity index is 1.84. The summed E-state index contributed by atoms with van der Waals surface area (Å²) in [5.41, 5.74) is 6.97. The summed E-state index contributed by atoms with van der Waals surface area (Å²) in [6.45, 7) is 0. The van der Waals surface area contributed by atoms with E-state index in [1.54, 1.807) is 10.9 Å². The molecule has 6 heteroatoms. The lowest BCUT2D eigenvalue weighted by Gasteiger charge is -2.25. The van der Waals surface area contributed by atoms with Crippen molar-refractivity contribution < 1.29 is 4.42 Å². The molecule has 1 saturated carbocycles. The minimum absolute atomic E-state index is 0.140. The molecule has 2 heterocycles. The topological polar surface area (TPSA) is 82.8 Å². The minimum atomic E-state index is 0.140. The van der Waals surface area contributed by atoms with Crippen LogP contribution in [0.4, 0.5) is 0 Å². The highest BCUT2D eigenvalue weighted by Crippen LogP contribution is 2.32. The molecule has 18 heavy (non-hydrogen) atoms. The molecule has 0 amide bonds. The van der Waals surface area contributed by atoms with Crippen LogP contribution in [0.1, 0.15) is 37.5 Å². The molecule has 2 atom stereocenters. The first-order valence-corrected chi connectivity index (χ1v) is 6.32. The molecule has 1 aliphatic rings. The van der Waals surface area contributed by atoms with Crippen molar-refractivity contribution in [3.8, 4) is 11.5 Å². The van der Waals surface area contributed by atoms with Crippen molar-refractivity contribution in [1.29, 1.82) is 0 Å². The first-order chi connectivity index (χ1) is 8.74. The summed E-state index contributed by atoms with van der Waals surface area (Å²) in [4.78, 5) is 0. The van der Waals surface area contributed by atoms with Crippen molar-refractivity contribution in [2.24, 2.45) is 12.8 Å². The molecule has 2 aromatic heterocycles. The fourth-order valence-corrected chi connectivity index (χ4v) is 2.50. The molecule has 0 bridgehead atoms. The third kappa shape index (κ3) is 2.03. The highest BCUT2D eigenvalue weighted by Gasteiger charge is 2.28. The maximum absolute atomic E-state index is 6.12. The molecule has 0 unspecified atom stereocenters. The number of aromatic nitrogens is 4. The fourth-order valence-electron chi connectivity index (χ4n) is 2.50. The smallest absolute Gasteiger partial charge is 0.250 e. The number of rotatable bonds is 2. The second-order valence-electron chi connectivity index (χ2n) is 4.90. The molecular formula is C12H17N5O. The monoisotopic (exact) mass is 247 g/mol. The van der Waals surface area contributed by atoms with Gasteiger partial charge in [0.15, 0.2) is 0 Å². The largest absolute Gasteiger partial charge is 0.420 e. The summed E-state index contributed by atoms with van der Waals surface area (Å²) in [6, 6.07) is 0.140. The zero-order valence-corrected chi connectivity index (χ0v) is 10.4. The van der Waals surface area contributed by atoms with Crippen molar-refractivity contribution in [3.05, 3.63) is 18.3 Å². The number of aryl methyl sites for hydroxylation is 1. The van der Waals surface area contributed by atoms with Gasteiger partial charge >= 0.3 is 0 Å². The van der Waals surface area contributed by atoms with E-state index in [1.807, 2.05) is 13.2 Å². The van der Waals surface area contributed by atoms with Crippen molar-refractivity contribution >= 4 is 0 Å². The zero-order chi connectivity index (χ0) is 12.5. The maximum Gasteiger partial charge on any atom is 0.250 e. The van der Waals surface area contributed by atoms with E-state index in [0.29, 0.717) is 11.8 Å². The highest BCUT2D eigenvalue weighted by molar-refractivity contribution is 5.49. The normalized spacial score (nSPS) is 24.3. The summed E-state index contributed by atoms with van der Waals surface area (Å²) >= 11 is 0. The molecule has 1 aliphatic carbocycles. The van der Waals surface area contributed by atoms with Gasteiger partial charge in [-0.05, 0) is 12.8 Å². The molecule has 96 valence electrons. The van der Waals surface area contributed by atoms with Crippen LogP contribution in [0.3, 0.4) is 0 Å². The molecule has 0 aromatic carbocycles. The Morgan fingerprint density at radius 1 is 1.33 bits per heavy atom. The van der Waals surface area contributed by atoms with Crippen molar-refractivity contribution in [1.82, 2.24) is 20.0 Å². The predicted molar refractivity (Wildman–Crippen MR) is 65.7 cm³/mol. The van der Waals surface area contributed by atoms with Crippen LogP contribution < -0.4 is 5.73 Å². The Kier molecular flexibility index (Phi) is 2.87. The van der Waals surface area contributed by atoms with Crippen molar-refractivity contribution in [2.75, 3.05) is 0 Å². The van der Waals surface area contributed by atoms with Crippen LogP contribution in [0.2, 0.25) is 0 Å². The van der Waals surface area contributed by atoms with Gasteiger partial charge < -0.3 is 10.2 Å². The quantitative estimate of drug-likeness (QED) is 0.868. The van der Waals surface area contributed by atoms with Gasteiger partial charge in [0.05, 0.1) is 17.7 Å². The van der Waals surface area contributed by atoms with Crippen LogP contribution in [0.5, 0.6) is 0 Å². The lowest BCUT2D eigenvalue weighted by Crippen LogP contribution is -2.31. The predicted octanol–water partition coefficient (Wildman–Crippen LogP) is 1.45. The van der Waals surface area contributed by atoms with E-state index in [2.05, 4.69) is 15.3 Å². The van der Waals surface area contributed by atoms with Crippen molar-refractivity contribution in [2.45, 2.75) is 37.6 Å². The minimum Gasteiger partial charge on any atom is -0.420 e. The van der Waals surface area contributed by atoms with Gasteiger partial charge in [-0.1, -0.05) is 12.8 Å². The van der Waals surface area contributed by atoms with Gasteiger partial charge in [0, 0.05) is 19.3 Å². The molecule has 3 rings (SSSR count). The van der Waals surface area contributed by atoms with Crippen LogP contribution in [0.15, 0.2) is 16.8 Å². The molecular weight excluding hydrogens is 230 g/mol. The molecule has 6 nitrogen and oxygen atoms in total. The van der Waals surface area contributed by atoms with Crippen LogP contribution in [-0.2, 0) is 7.05 Å². The first-order valence-electron chi connectivity index (χ1n) is 6.32. The molecule has 0 spiro atoms. The SMILES string of the molecule is Cn1cc(-c2nnc([C@@H]3CCCC[C@H]3N)o2)cn1. The Bertz CT molecular complexity index is 532. The molecule has 2 N–H and O–H groups in total. The molecule has 2 aromatic rings. The van der Waals surface area contributed by atoms with E-state index in [-0.39, 0.29) is 12.0 Å². The Morgan fingerprint density at radius 3 is 2.89 bits per heavy atom. The second kappa shape index (κ2) is 4.53. The third-order valence-electron chi connectivity index (χ3n) is 3.53. The number of hydrogen-bond acceptors (Lipinski definition) is 5. The van der Waals surface area contributed by atoms with Gasteiger partial charge in [-0.2, -0.15) is 5.10 Å². The Hall–Kier alpha value is -1.69. The van der Waals surface area contributed by atoms with E-state index in [4.69, 9.17) is 10.2 Å². The summed E-state index contributed by atoms with van der Waals surface area (Å²) in [7, 11) is 1.86. The van der Waals surface area contributed by atoms with Gasteiger partial charge in [0.25, 0.3) is 5.89 Å². The van der Waals surface area contributed by atoms with Gasteiger partial charge in [0.1, 0.15) is 0 Å². The molecule has 1 fully saturated rings. The van der Waals surface area contributed by atoms with Crippen molar-refractivity contribution in [3.63, 3.8) is 0 Å². The van der Waals surface area contributed by atoms with Crippen LogP contribution in [-0.4, -0.2) is 26.0 Å². The maximum atomic E-state index is 6.12. The number of hydrogen-bond donors (Lipinski definition) is 1. The third-order valence-corrected chi connectivity index (χ3v) is 3.53. The van der Waals surface area contributed by atoms with Gasteiger partial charge in [0.2, 0.25) is 5.89 Å². The Morgan fingerprint density at radius 2 is 2.17 bits per heavy atom. The van der Waals surface area contributed by atoms with Crippen LogP contribution >= 0.6 is 0 Å². The molecule has 0 radical (unpaired) electrons. The van der Waals surface area contributed by atoms with E-state index >= 15 is 0 Å².